The van der Waals surface area contributed by atoms with Gasteiger partial charge in [0, 0.05) is 11.4 Å². The van der Waals surface area contributed by atoms with E-state index in [0.29, 0.717) is 17.1 Å². The second-order valence-corrected chi connectivity index (χ2v) is 7.21. The molecule has 1 atom stereocenters. The summed E-state index contributed by atoms with van der Waals surface area (Å²) in [4.78, 5) is 37.3. The van der Waals surface area contributed by atoms with Crippen molar-refractivity contribution in [3.63, 3.8) is 0 Å². The molecule has 1 aliphatic heterocycles. The Bertz CT molecular complexity index is 834. The number of anilines is 1. The number of methoxy groups -OCH3 is 1. The van der Waals surface area contributed by atoms with Crippen LogP contribution in [0, 0.1) is 6.92 Å². The third kappa shape index (κ3) is 3.92. The Labute approximate surface area is 154 Å². The molecule has 1 saturated heterocycles. The smallest absolute Gasteiger partial charge is 0.340 e. The van der Waals surface area contributed by atoms with Crippen LogP contribution in [0.3, 0.4) is 0 Å². The fraction of sp³-hybridized carbons (Fsp3) is 0.278. The highest BCUT2D eigenvalue weighted by atomic mass is 32.1. The molecule has 136 valence electrons. The number of hydrogen-bond acceptors (Lipinski definition) is 6. The topological polar surface area (TPSA) is 87.7 Å². The molecule has 1 aliphatic rings. The Kier molecular flexibility index (Phi) is 5.34. The molecular formula is C18H19N3O4S. The molecule has 3 rings (SSSR count). The number of esters is 1. The number of benzene rings is 1. The summed E-state index contributed by atoms with van der Waals surface area (Å²) in [6, 6.07) is 10.6. The lowest BCUT2D eigenvalue weighted by atomic mass is 10.1. The largest absolute Gasteiger partial charge is 0.465 e. The molecule has 1 aromatic heterocycles. The molecule has 1 aromatic carbocycles. The van der Waals surface area contributed by atoms with Crippen LogP contribution in [0.1, 0.15) is 27.2 Å². The number of rotatable bonds is 5. The number of hydrogen-bond donors (Lipinski definition) is 2. The highest BCUT2D eigenvalue weighted by Crippen LogP contribution is 2.29. The van der Waals surface area contributed by atoms with Crippen molar-refractivity contribution in [1.29, 1.82) is 0 Å². The highest BCUT2D eigenvalue weighted by Gasteiger charge is 2.36. The zero-order valence-corrected chi connectivity index (χ0v) is 15.3. The van der Waals surface area contributed by atoms with E-state index in [-0.39, 0.29) is 18.2 Å². The first kappa shape index (κ1) is 18.1. The van der Waals surface area contributed by atoms with Crippen molar-refractivity contribution in [2.45, 2.75) is 25.9 Å². The summed E-state index contributed by atoms with van der Waals surface area (Å²) in [5.41, 5.74) is 4.01. The lowest BCUT2D eigenvalue weighted by Gasteiger charge is -2.22. The molecule has 0 bridgehead atoms. The van der Waals surface area contributed by atoms with Gasteiger partial charge < -0.3 is 10.1 Å². The highest BCUT2D eigenvalue weighted by molar-refractivity contribution is 7.16. The molecule has 2 aromatic rings. The van der Waals surface area contributed by atoms with Gasteiger partial charge in [0.2, 0.25) is 11.8 Å². The summed E-state index contributed by atoms with van der Waals surface area (Å²) in [5.74, 6) is -1.06. The Balaban J connectivity index is 1.76. The standard InChI is InChI=1S/C18H19N3O4S/c1-11-8-13(18(24)25-2)17(26-11)19-16(23)14-9-15(22)20-21(14)10-12-6-4-3-5-7-12/h3-8,14H,9-10H2,1-2H3,(H,19,23)(H,20,22)/t14-/m0/s1. The van der Waals surface area contributed by atoms with E-state index in [0.717, 1.165) is 10.4 Å². The van der Waals surface area contributed by atoms with Gasteiger partial charge in [0.1, 0.15) is 11.0 Å². The summed E-state index contributed by atoms with van der Waals surface area (Å²) in [6.07, 6.45) is 0.0661. The first-order valence-electron chi connectivity index (χ1n) is 8.07. The maximum Gasteiger partial charge on any atom is 0.340 e. The van der Waals surface area contributed by atoms with Crippen LogP contribution < -0.4 is 10.7 Å². The van der Waals surface area contributed by atoms with Crippen LogP contribution >= 0.6 is 11.3 Å². The van der Waals surface area contributed by atoms with Crippen LogP contribution in [0.5, 0.6) is 0 Å². The van der Waals surface area contributed by atoms with Gasteiger partial charge in [0.25, 0.3) is 0 Å². The maximum atomic E-state index is 12.7. The van der Waals surface area contributed by atoms with Crippen molar-refractivity contribution in [1.82, 2.24) is 10.4 Å². The van der Waals surface area contributed by atoms with E-state index in [1.54, 1.807) is 11.1 Å². The Morgan fingerprint density at radius 1 is 1.35 bits per heavy atom. The third-order valence-electron chi connectivity index (χ3n) is 4.02. The average molecular weight is 373 g/mol. The first-order valence-corrected chi connectivity index (χ1v) is 8.89. The predicted molar refractivity (Wildman–Crippen MR) is 97.6 cm³/mol. The fourth-order valence-corrected chi connectivity index (χ4v) is 3.70. The number of carbonyl (C=O) groups excluding carboxylic acids is 3. The molecule has 8 heteroatoms. The third-order valence-corrected chi connectivity index (χ3v) is 4.98. The SMILES string of the molecule is COC(=O)c1cc(C)sc1NC(=O)[C@@H]1CC(=O)NN1Cc1ccccc1. The van der Waals surface area contributed by atoms with E-state index in [4.69, 9.17) is 4.74 Å². The summed E-state index contributed by atoms with van der Waals surface area (Å²) in [7, 11) is 1.29. The fourth-order valence-electron chi connectivity index (χ4n) is 2.80. The van der Waals surface area contributed by atoms with Crippen LogP contribution in [0.15, 0.2) is 36.4 Å². The summed E-state index contributed by atoms with van der Waals surface area (Å²) >= 11 is 1.29. The summed E-state index contributed by atoms with van der Waals surface area (Å²) < 4.78 is 4.75. The van der Waals surface area contributed by atoms with E-state index in [1.165, 1.54) is 18.4 Å². The van der Waals surface area contributed by atoms with Crippen molar-refractivity contribution < 1.29 is 19.1 Å². The van der Waals surface area contributed by atoms with Crippen LogP contribution in [-0.4, -0.2) is 35.9 Å². The predicted octanol–water partition coefficient (Wildman–Crippen LogP) is 2.09. The van der Waals surface area contributed by atoms with Gasteiger partial charge in [-0.05, 0) is 18.6 Å². The molecule has 0 saturated carbocycles. The molecule has 0 radical (unpaired) electrons. The molecule has 0 spiro atoms. The van der Waals surface area contributed by atoms with Crippen LogP contribution in [-0.2, 0) is 20.9 Å². The number of carbonyl (C=O) groups is 3. The number of ether oxygens (including phenoxy) is 1. The second kappa shape index (κ2) is 7.67. The zero-order valence-electron chi connectivity index (χ0n) is 14.4. The molecule has 2 N–H and O–H groups in total. The molecule has 7 nitrogen and oxygen atoms in total. The number of hydrazine groups is 1. The molecule has 2 heterocycles. The molecule has 2 amide bonds. The van der Waals surface area contributed by atoms with Gasteiger partial charge >= 0.3 is 5.97 Å². The van der Waals surface area contributed by atoms with Gasteiger partial charge in [0.15, 0.2) is 0 Å². The lowest BCUT2D eigenvalue weighted by molar-refractivity contribution is -0.121. The van der Waals surface area contributed by atoms with E-state index in [2.05, 4.69) is 10.7 Å². The quantitative estimate of drug-likeness (QED) is 0.784. The Hall–Kier alpha value is -2.71. The van der Waals surface area contributed by atoms with Gasteiger partial charge in [-0.1, -0.05) is 30.3 Å². The van der Waals surface area contributed by atoms with E-state index < -0.39 is 12.0 Å². The van der Waals surface area contributed by atoms with Gasteiger partial charge in [-0.15, -0.1) is 11.3 Å². The molecule has 0 aliphatic carbocycles. The molecular weight excluding hydrogens is 354 g/mol. The van der Waals surface area contributed by atoms with Crippen molar-refractivity contribution >= 4 is 34.1 Å². The average Bonchev–Trinajstić information content (AvgIpc) is 3.17. The minimum atomic E-state index is -0.657. The van der Waals surface area contributed by atoms with E-state index in [1.807, 2.05) is 37.3 Å². The van der Waals surface area contributed by atoms with E-state index >= 15 is 0 Å². The van der Waals surface area contributed by atoms with Gasteiger partial charge in [-0.3, -0.25) is 15.0 Å². The number of aryl methyl sites for hydroxylation is 1. The van der Waals surface area contributed by atoms with Gasteiger partial charge in [-0.25, -0.2) is 9.80 Å². The van der Waals surface area contributed by atoms with Crippen molar-refractivity contribution in [3.8, 4) is 0 Å². The number of nitrogens with one attached hydrogen (secondary N) is 2. The van der Waals surface area contributed by atoms with Crippen LogP contribution in [0.25, 0.3) is 0 Å². The number of amides is 2. The Morgan fingerprint density at radius 3 is 2.77 bits per heavy atom. The lowest BCUT2D eigenvalue weighted by Crippen LogP contribution is -2.43. The van der Waals surface area contributed by atoms with Crippen molar-refractivity contribution in [3.05, 3.63) is 52.4 Å². The Morgan fingerprint density at radius 2 is 2.08 bits per heavy atom. The summed E-state index contributed by atoms with van der Waals surface area (Å²) in [5, 5.41) is 4.82. The van der Waals surface area contributed by atoms with Crippen LogP contribution in [0.2, 0.25) is 0 Å². The minimum absolute atomic E-state index is 0.0661. The normalized spacial score (nSPS) is 17.0. The second-order valence-electron chi connectivity index (χ2n) is 5.95. The van der Waals surface area contributed by atoms with Crippen LogP contribution in [0.4, 0.5) is 5.00 Å². The van der Waals surface area contributed by atoms with Crippen molar-refractivity contribution in [2.75, 3.05) is 12.4 Å². The summed E-state index contributed by atoms with van der Waals surface area (Å²) in [6.45, 7) is 2.26. The first-order chi connectivity index (χ1) is 12.5. The van der Waals surface area contributed by atoms with Gasteiger partial charge in [0.05, 0.1) is 19.1 Å². The minimum Gasteiger partial charge on any atom is -0.465 e. The van der Waals surface area contributed by atoms with Gasteiger partial charge in [-0.2, -0.15) is 0 Å². The maximum absolute atomic E-state index is 12.7. The molecule has 0 unspecified atom stereocenters. The van der Waals surface area contributed by atoms with E-state index in [9.17, 15) is 14.4 Å². The number of thiophene rings is 1. The monoisotopic (exact) mass is 373 g/mol. The molecule has 1 fully saturated rings. The number of nitrogens with zero attached hydrogens (tertiary/aromatic N) is 1. The van der Waals surface area contributed by atoms with Crippen molar-refractivity contribution in [2.24, 2.45) is 0 Å². The molecule has 26 heavy (non-hydrogen) atoms. The zero-order chi connectivity index (χ0) is 18.7.